The summed E-state index contributed by atoms with van der Waals surface area (Å²) in [7, 11) is 0. The van der Waals surface area contributed by atoms with Crippen LogP contribution in [0.25, 0.3) is 0 Å². The van der Waals surface area contributed by atoms with Crippen molar-refractivity contribution in [2.45, 2.75) is 134 Å². The van der Waals surface area contributed by atoms with E-state index in [2.05, 4.69) is 83.3 Å². The normalized spacial score (nSPS) is 46.8. The van der Waals surface area contributed by atoms with Crippen molar-refractivity contribution in [1.29, 1.82) is 0 Å². The Bertz CT molecular complexity index is 1910. The summed E-state index contributed by atoms with van der Waals surface area (Å²) in [5.74, 6) is 1.64. The number of halogens is 2. The third-order valence-electron chi connectivity index (χ3n) is 18.8. The average Bonchev–Trinajstić information content (AvgIpc) is 3.21. The van der Waals surface area contributed by atoms with Gasteiger partial charge in [-0.25, -0.2) is 0 Å². The summed E-state index contributed by atoms with van der Waals surface area (Å²) < 4.78 is 30.5. The Morgan fingerprint density at radius 2 is 1.49 bits per heavy atom. The van der Waals surface area contributed by atoms with Crippen molar-refractivity contribution >= 4 is 11.8 Å². The van der Waals surface area contributed by atoms with Gasteiger partial charge in [0.25, 0.3) is 0 Å². The Morgan fingerprint density at radius 3 is 2.20 bits per heavy atom. The van der Waals surface area contributed by atoms with Gasteiger partial charge in [0.1, 0.15) is 0 Å². The van der Waals surface area contributed by atoms with Gasteiger partial charge in [-0.3, -0.25) is 18.4 Å². The Balaban J connectivity index is 0.976. The molecule has 12 aliphatic rings. The van der Waals surface area contributed by atoms with Crippen molar-refractivity contribution in [3.8, 4) is 0 Å². The molecule has 4 aliphatic heterocycles. The van der Waals surface area contributed by atoms with Crippen LogP contribution in [0.1, 0.15) is 122 Å². The molecule has 1 aromatic rings. The van der Waals surface area contributed by atoms with Gasteiger partial charge < -0.3 is 20.9 Å². The van der Waals surface area contributed by atoms with E-state index < -0.39 is 22.9 Å². The van der Waals surface area contributed by atoms with Gasteiger partial charge in [-0.15, -0.1) is 0 Å². The highest BCUT2D eigenvalue weighted by Crippen LogP contribution is 2.76. The number of piperidine rings is 4. The minimum atomic E-state index is -0.647. The molecule has 6 nitrogen and oxygen atoms in total. The molecule has 320 valence electrons. The van der Waals surface area contributed by atoms with Gasteiger partial charge in [-0.2, -0.15) is 0 Å². The second-order valence-electron chi connectivity index (χ2n) is 22.8. The Hall–Kier alpha value is -2.84. The molecule has 2 amide bonds. The number of carbonyl (C=O) groups is 2. The van der Waals surface area contributed by atoms with E-state index in [9.17, 15) is 9.18 Å². The highest BCUT2D eigenvalue weighted by atomic mass is 19.1. The van der Waals surface area contributed by atoms with Crippen LogP contribution >= 0.6 is 0 Å². The highest BCUT2D eigenvalue weighted by Gasteiger charge is 2.71. The summed E-state index contributed by atoms with van der Waals surface area (Å²) in [6, 6.07) is 11.1. The van der Waals surface area contributed by atoms with Crippen molar-refractivity contribution in [1.82, 2.24) is 20.9 Å². The van der Waals surface area contributed by atoms with Crippen molar-refractivity contribution in [3.05, 3.63) is 71.8 Å². The number of amides is 2. The van der Waals surface area contributed by atoms with Crippen LogP contribution in [0.2, 0.25) is 0 Å². The molecule has 8 aliphatic carbocycles. The van der Waals surface area contributed by atoms with Crippen molar-refractivity contribution in [3.63, 3.8) is 0 Å². The van der Waals surface area contributed by atoms with Crippen LogP contribution in [0.15, 0.2) is 66.3 Å². The lowest BCUT2D eigenvalue weighted by Gasteiger charge is -2.70. The summed E-state index contributed by atoms with van der Waals surface area (Å²) in [6.07, 6.45) is 20.5. The van der Waals surface area contributed by atoms with Gasteiger partial charge in [-0.05, 0) is 192 Å². The molecule has 0 radical (unpaired) electrons. The zero-order chi connectivity index (χ0) is 40.9. The van der Waals surface area contributed by atoms with E-state index in [0.717, 1.165) is 128 Å². The lowest BCUT2D eigenvalue weighted by molar-refractivity contribution is -0.181. The van der Waals surface area contributed by atoms with Gasteiger partial charge in [-0.1, -0.05) is 62.1 Å². The smallest absolute Gasteiger partial charge is 0.226 e. The van der Waals surface area contributed by atoms with E-state index in [0.29, 0.717) is 30.6 Å². The SMILES string of the molecule is C=C(/C=C\C(=C/C)C12CC3(C(=O)N[C@@H]4CN5CCC4CC5)C[C@](CF)(C1)C[C@@](c1ccccc1)(C3)C2)[C@]12CC3CC(C(=O)NC4CCNCC4C)(C[C@](CCF)(C3)C1)C2. The van der Waals surface area contributed by atoms with Crippen LogP contribution in [-0.2, 0) is 15.0 Å². The monoisotopic (exact) mass is 809 g/mol. The molecule has 10 bridgehead atoms. The molecule has 0 spiro atoms. The van der Waals surface area contributed by atoms with E-state index in [1.807, 2.05) is 0 Å². The summed E-state index contributed by atoms with van der Waals surface area (Å²) >= 11 is 0. The summed E-state index contributed by atoms with van der Waals surface area (Å²) in [4.78, 5) is 32.2. The largest absolute Gasteiger partial charge is 0.353 e. The first-order valence-corrected chi connectivity index (χ1v) is 23.6. The predicted octanol–water partition coefficient (Wildman–Crippen LogP) is 8.93. The maximum atomic E-state index is 16.0. The van der Waals surface area contributed by atoms with Crippen LogP contribution in [0.4, 0.5) is 8.78 Å². The number of hydrogen-bond donors (Lipinski definition) is 3. The Morgan fingerprint density at radius 1 is 0.814 bits per heavy atom. The number of alkyl halides is 2. The quantitative estimate of drug-likeness (QED) is 0.185. The van der Waals surface area contributed by atoms with Gasteiger partial charge in [0.05, 0.1) is 24.2 Å². The molecule has 13 rings (SSSR count). The van der Waals surface area contributed by atoms with Gasteiger partial charge >= 0.3 is 0 Å². The van der Waals surface area contributed by atoms with E-state index in [1.54, 1.807) is 0 Å². The standard InChI is InChI=1S/C51H70F2N4O2/c1-4-39(11-10-36(3)47-21-37-20-45(25-47,15-16-52)26-48(22-37,30-47)43(58)55-41-12-17-54-23-35(41)2)49-27-46(34-53)28-50(31-49,40-8-6-5-7-9-40)33-51(29-46,32-49)44(59)56-42-24-57-18-13-38(42)14-19-57/h4-11,35,37-38,41-42,54H,3,12-34H2,1-2H3,(H,55,58)(H,56,59)/b11-10-,39-4+/t35?,37?,41?,42-,45-,46+,47-,48?,49?,50+,51?/m1/s1. The second-order valence-corrected chi connectivity index (χ2v) is 22.8. The first-order valence-electron chi connectivity index (χ1n) is 23.6. The maximum Gasteiger partial charge on any atom is 0.226 e. The lowest BCUT2D eigenvalue weighted by Crippen LogP contribution is -2.68. The third-order valence-corrected chi connectivity index (χ3v) is 18.8. The lowest BCUT2D eigenvalue weighted by atomic mass is 9.33. The molecule has 8 heteroatoms. The fourth-order valence-electron chi connectivity index (χ4n) is 17.3. The Labute approximate surface area is 352 Å². The molecule has 11 atom stereocenters. The molecule has 4 heterocycles. The average molecular weight is 809 g/mol. The van der Waals surface area contributed by atoms with Gasteiger partial charge in [0, 0.05) is 24.0 Å². The number of carbonyl (C=O) groups excluding carboxylic acids is 2. The predicted molar refractivity (Wildman–Crippen MR) is 230 cm³/mol. The molecule has 1 aromatic carbocycles. The minimum absolute atomic E-state index is 0.163. The van der Waals surface area contributed by atoms with E-state index in [1.165, 1.54) is 11.1 Å². The molecule has 3 N–H and O–H groups in total. The number of nitrogens with one attached hydrogen (secondary N) is 3. The molecule has 8 saturated carbocycles. The number of allylic oxidation sites excluding steroid dienone is 5. The molecule has 59 heavy (non-hydrogen) atoms. The second kappa shape index (κ2) is 14.4. The van der Waals surface area contributed by atoms with Crippen LogP contribution < -0.4 is 16.0 Å². The first-order chi connectivity index (χ1) is 28.3. The number of rotatable bonds is 12. The first kappa shape index (κ1) is 40.2. The fourth-order valence-corrected chi connectivity index (χ4v) is 17.3. The molecular weight excluding hydrogens is 739 g/mol. The Kier molecular flexibility index (Phi) is 9.79. The topological polar surface area (TPSA) is 73.5 Å². The van der Waals surface area contributed by atoms with Crippen molar-refractivity contribution in [2.75, 3.05) is 46.1 Å². The molecular formula is C51H70F2N4O2. The zero-order valence-corrected chi connectivity index (χ0v) is 36.0. The summed E-state index contributed by atoms with van der Waals surface area (Å²) in [5.41, 5.74) is 0.700. The number of benzene rings is 1. The number of nitrogens with zero attached hydrogens (tertiary/aromatic N) is 1. The number of hydrogen-bond acceptors (Lipinski definition) is 4. The van der Waals surface area contributed by atoms with Crippen molar-refractivity contribution in [2.24, 2.45) is 50.2 Å². The fraction of sp³-hybridized carbons (Fsp3) is 0.725. The number of fused-ring (bicyclic) bond motifs is 3. The summed E-state index contributed by atoms with van der Waals surface area (Å²) in [5, 5.41) is 10.7. The van der Waals surface area contributed by atoms with Gasteiger partial charge in [0.2, 0.25) is 11.8 Å². The highest BCUT2D eigenvalue weighted by molar-refractivity contribution is 5.85. The van der Waals surface area contributed by atoms with Crippen molar-refractivity contribution < 1.29 is 18.4 Å². The van der Waals surface area contributed by atoms with Crippen LogP contribution in [0.3, 0.4) is 0 Å². The zero-order valence-electron chi connectivity index (χ0n) is 36.0. The van der Waals surface area contributed by atoms with E-state index >= 15 is 9.18 Å². The van der Waals surface area contributed by atoms with Crippen LogP contribution in [-0.4, -0.2) is 74.9 Å². The van der Waals surface area contributed by atoms with Crippen LogP contribution in [0, 0.1) is 50.2 Å². The maximum absolute atomic E-state index is 16.0. The van der Waals surface area contributed by atoms with E-state index in [-0.39, 0.29) is 52.2 Å². The summed E-state index contributed by atoms with van der Waals surface area (Å²) in [6.45, 7) is 13.4. The third kappa shape index (κ3) is 6.47. The van der Waals surface area contributed by atoms with E-state index in [4.69, 9.17) is 6.58 Å². The molecule has 4 saturated heterocycles. The van der Waals surface area contributed by atoms with Gasteiger partial charge in [0.15, 0.2) is 0 Å². The molecule has 6 unspecified atom stereocenters. The van der Waals surface area contributed by atoms with Crippen LogP contribution in [0.5, 0.6) is 0 Å². The molecule has 0 aromatic heterocycles. The minimum Gasteiger partial charge on any atom is -0.353 e. The molecule has 12 fully saturated rings.